The molecule has 1 spiro atoms. The highest BCUT2D eigenvalue weighted by atomic mass is 16.6. The van der Waals surface area contributed by atoms with E-state index in [4.69, 9.17) is 14.6 Å². The van der Waals surface area contributed by atoms with Gasteiger partial charge in [0.2, 0.25) is 5.91 Å². The molecule has 2 fully saturated rings. The van der Waals surface area contributed by atoms with Crippen LogP contribution < -0.4 is 0 Å². The third-order valence-corrected chi connectivity index (χ3v) is 4.20. The minimum atomic E-state index is -0.984. The largest absolute Gasteiger partial charge is 0.478 e. The second-order valence-electron chi connectivity index (χ2n) is 5.83. The van der Waals surface area contributed by atoms with Gasteiger partial charge in [0.15, 0.2) is 0 Å². The van der Waals surface area contributed by atoms with Crippen molar-refractivity contribution < 1.29 is 24.2 Å². The molecule has 1 atom stereocenters. The Hall–Kier alpha value is -1.92. The van der Waals surface area contributed by atoms with E-state index in [0.717, 1.165) is 6.42 Å². The molecular formula is C16H19NO5. The number of aromatic carboxylic acids is 1. The van der Waals surface area contributed by atoms with E-state index in [9.17, 15) is 9.59 Å². The molecule has 1 N–H and O–H groups in total. The second-order valence-corrected chi connectivity index (χ2v) is 5.83. The predicted molar refractivity (Wildman–Crippen MR) is 77.8 cm³/mol. The molecule has 0 radical (unpaired) electrons. The number of hydrogen-bond donors (Lipinski definition) is 1. The first-order valence-corrected chi connectivity index (χ1v) is 7.40. The van der Waals surface area contributed by atoms with E-state index in [1.54, 1.807) is 23.1 Å². The van der Waals surface area contributed by atoms with Crippen LogP contribution in [0.5, 0.6) is 0 Å². The molecule has 6 heteroatoms. The van der Waals surface area contributed by atoms with Gasteiger partial charge in [-0.1, -0.05) is 12.1 Å². The summed E-state index contributed by atoms with van der Waals surface area (Å²) in [6.07, 6.45) is 1.02. The standard InChI is InChI=1S/C16H19NO5/c18-14(9-12-2-1-3-13(8-12)15(19)20)17-5-7-22-16(10-17)4-6-21-11-16/h1-3,8H,4-7,9-11H2,(H,19,20). The topological polar surface area (TPSA) is 76.1 Å². The number of carboxylic acid groups (broad SMARTS) is 1. The van der Waals surface area contributed by atoms with Gasteiger partial charge in [0.05, 0.1) is 31.7 Å². The molecule has 2 heterocycles. The SMILES string of the molecule is O=C(O)c1cccc(CC(=O)N2CCOC3(CCOC3)C2)c1. The van der Waals surface area contributed by atoms with Crippen molar-refractivity contribution >= 4 is 11.9 Å². The van der Waals surface area contributed by atoms with Gasteiger partial charge in [-0.15, -0.1) is 0 Å². The maximum atomic E-state index is 12.5. The van der Waals surface area contributed by atoms with Crippen LogP contribution in [0.2, 0.25) is 0 Å². The normalized spacial score (nSPS) is 24.6. The molecular weight excluding hydrogens is 286 g/mol. The Balaban J connectivity index is 1.66. The van der Waals surface area contributed by atoms with Gasteiger partial charge < -0.3 is 19.5 Å². The first kappa shape index (κ1) is 15.0. The van der Waals surface area contributed by atoms with Gasteiger partial charge in [-0.25, -0.2) is 4.79 Å². The highest BCUT2D eigenvalue weighted by Gasteiger charge is 2.41. The quantitative estimate of drug-likeness (QED) is 0.899. The fourth-order valence-corrected chi connectivity index (χ4v) is 2.99. The maximum absolute atomic E-state index is 12.5. The van der Waals surface area contributed by atoms with Crippen molar-refractivity contribution in [3.63, 3.8) is 0 Å². The van der Waals surface area contributed by atoms with Crippen molar-refractivity contribution in [2.75, 3.05) is 32.9 Å². The Morgan fingerprint density at radius 2 is 2.18 bits per heavy atom. The predicted octanol–water partition coefficient (Wildman–Crippen LogP) is 0.945. The Kier molecular flexibility index (Phi) is 4.13. The molecule has 22 heavy (non-hydrogen) atoms. The summed E-state index contributed by atoms with van der Waals surface area (Å²) in [7, 11) is 0. The summed E-state index contributed by atoms with van der Waals surface area (Å²) in [5.74, 6) is -0.986. The average molecular weight is 305 g/mol. The van der Waals surface area contributed by atoms with E-state index in [0.29, 0.717) is 38.5 Å². The van der Waals surface area contributed by atoms with E-state index < -0.39 is 5.97 Å². The fraction of sp³-hybridized carbons (Fsp3) is 0.500. The van der Waals surface area contributed by atoms with Crippen molar-refractivity contribution in [2.24, 2.45) is 0 Å². The molecule has 1 aromatic carbocycles. The summed E-state index contributed by atoms with van der Waals surface area (Å²) >= 11 is 0. The summed E-state index contributed by atoms with van der Waals surface area (Å²) in [4.78, 5) is 25.3. The molecule has 118 valence electrons. The molecule has 2 aliphatic heterocycles. The molecule has 2 saturated heterocycles. The third-order valence-electron chi connectivity index (χ3n) is 4.20. The van der Waals surface area contributed by atoms with Gasteiger partial charge in [0, 0.05) is 19.6 Å². The molecule has 1 amide bonds. The first-order valence-electron chi connectivity index (χ1n) is 7.40. The number of hydrogen-bond acceptors (Lipinski definition) is 4. The van der Waals surface area contributed by atoms with Gasteiger partial charge in [-0.05, 0) is 17.7 Å². The smallest absolute Gasteiger partial charge is 0.335 e. The summed E-state index contributed by atoms with van der Waals surface area (Å²) in [6, 6.07) is 6.52. The first-order chi connectivity index (χ1) is 10.6. The van der Waals surface area contributed by atoms with E-state index >= 15 is 0 Å². The zero-order chi connectivity index (χ0) is 15.6. The molecule has 1 aromatic rings. The molecule has 6 nitrogen and oxygen atoms in total. The van der Waals surface area contributed by atoms with Crippen molar-refractivity contribution in [1.29, 1.82) is 0 Å². The molecule has 1 unspecified atom stereocenters. The van der Waals surface area contributed by atoms with Crippen LogP contribution in [0, 0.1) is 0 Å². The van der Waals surface area contributed by atoms with Crippen LogP contribution in [0.1, 0.15) is 22.3 Å². The number of carboxylic acids is 1. The molecule has 2 aliphatic rings. The Morgan fingerprint density at radius 3 is 2.91 bits per heavy atom. The zero-order valence-electron chi connectivity index (χ0n) is 12.3. The van der Waals surface area contributed by atoms with Gasteiger partial charge in [0.25, 0.3) is 0 Å². The van der Waals surface area contributed by atoms with E-state index in [-0.39, 0.29) is 23.5 Å². The van der Waals surface area contributed by atoms with Gasteiger partial charge in [-0.3, -0.25) is 4.79 Å². The lowest BCUT2D eigenvalue weighted by molar-refractivity contribution is -0.149. The van der Waals surface area contributed by atoms with Gasteiger partial charge in [0.1, 0.15) is 5.60 Å². The van der Waals surface area contributed by atoms with Gasteiger partial charge in [-0.2, -0.15) is 0 Å². The fourth-order valence-electron chi connectivity index (χ4n) is 2.99. The van der Waals surface area contributed by atoms with Crippen LogP contribution >= 0.6 is 0 Å². The summed E-state index contributed by atoms with van der Waals surface area (Å²) in [5.41, 5.74) is 0.567. The van der Waals surface area contributed by atoms with Gasteiger partial charge >= 0.3 is 5.97 Å². The number of benzene rings is 1. The number of rotatable bonds is 3. The lowest BCUT2D eigenvalue weighted by Gasteiger charge is -2.39. The van der Waals surface area contributed by atoms with Crippen LogP contribution in [0.15, 0.2) is 24.3 Å². The second kappa shape index (κ2) is 6.06. The lowest BCUT2D eigenvalue weighted by atomic mass is 10.00. The van der Waals surface area contributed by atoms with Crippen molar-refractivity contribution in [1.82, 2.24) is 4.90 Å². The highest BCUT2D eigenvalue weighted by molar-refractivity contribution is 5.88. The lowest BCUT2D eigenvalue weighted by Crippen LogP contribution is -2.54. The Bertz CT molecular complexity index is 580. The molecule has 0 aliphatic carbocycles. The zero-order valence-corrected chi connectivity index (χ0v) is 12.3. The van der Waals surface area contributed by atoms with Crippen LogP contribution in [0.3, 0.4) is 0 Å². The van der Waals surface area contributed by atoms with Crippen LogP contribution in [0.25, 0.3) is 0 Å². The monoisotopic (exact) mass is 305 g/mol. The average Bonchev–Trinajstić information content (AvgIpc) is 2.95. The summed E-state index contributed by atoms with van der Waals surface area (Å²) in [5, 5.41) is 9.01. The molecule has 0 aromatic heterocycles. The third kappa shape index (κ3) is 3.13. The van der Waals surface area contributed by atoms with Crippen molar-refractivity contribution in [2.45, 2.75) is 18.4 Å². The number of amides is 1. The van der Waals surface area contributed by atoms with Crippen LogP contribution in [-0.4, -0.2) is 60.4 Å². The number of morpholine rings is 1. The number of ether oxygens (including phenoxy) is 2. The maximum Gasteiger partial charge on any atom is 0.335 e. The number of nitrogens with zero attached hydrogens (tertiary/aromatic N) is 1. The van der Waals surface area contributed by atoms with E-state index in [2.05, 4.69) is 0 Å². The van der Waals surface area contributed by atoms with E-state index in [1.807, 2.05) is 0 Å². The van der Waals surface area contributed by atoms with Crippen LogP contribution in [0.4, 0.5) is 0 Å². The number of carbonyl (C=O) groups is 2. The Morgan fingerprint density at radius 1 is 1.32 bits per heavy atom. The molecule has 0 bridgehead atoms. The minimum Gasteiger partial charge on any atom is -0.478 e. The van der Waals surface area contributed by atoms with Crippen LogP contribution in [-0.2, 0) is 20.7 Å². The molecule has 3 rings (SSSR count). The summed E-state index contributed by atoms with van der Waals surface area (Å²) < 4.78 is 11.2. The van der Waals surface area contributed by atoms with Crippen molar-refractivity contribution in [3.05, 3.63) is 35.4 Å². The van der Waals surface area contributed by atoms with E-state index in [1.165, 1.54) is 6.07 Å². The summed E-state index contributed by atoms with van der Waals surface area (Å²) in [6.45, 7) is 2.84. The highest BCUT2D eigenvalue weighted by Crippen LogP contribution is 2.27. The van der Waals surface area contributed by atoms with Crippen molar-refractivity contribution in [3.8, 4) is 0 Å². The minimum absolute atomic E-state index is 0.00267. The Labute approximate surface area is 128 Å². The number of carbonyl (C=O) groups excluding carboxylic acids is 1. The molecule has 0 saturated carbocycles.